The zero-order chi connectivity index (χ0) is 27.2. The summed E-state index contributed by atoms with van der Waals surface area (Å²) in [5, 5.41) is 2.98. The average molecular weight is 647 g/mol. The molecule has 210 valence electrons. The van der Waals surface area contributed by atoms with Crippen molar-refractivity contribution in [2.75, 3.05) is 13.2 Å². The van der Waals surface area contributed by atoms with Crippen LogP contribution in [0.3, 0.4) is 0 Å². The Balaban J connectivity index is 0.00000533. The molecule has 0 aliphatic heterocycles. The van der Waals surface area contributed by atoms with E-state index >= 15 is 0 Å². The van der Waals surface area contributed by atoms with Crippen LogP contribution in [0.25, 0.3) is 0 Å². The molecule has 2 aromatic carbocycles. The van der Waals surface area contributed by atoms with Crippen molar-refractivity contribution >= 4 is 11.9 Å². The second-order valence-corrected chi connectivity index (χ2v) is 9.54. The molecule has 1 N–H and O–H groups in total. The van der Waals surface area contributed by atoms with E-state index in [-0.39, 0.29) is 36.0 Å². The Morgan fingerprint density at radius 3 is 2.08 bits per heavy atom. The quantitative estimate of drug-likeness (QED) is 0.0904. The van der Waals surface area contributed by atoms with Crippen LogP contribution in [0.4, 0.5) is 0 Å². The highest BCUT2D eigenvalue weighted by atomic mass is 127. The number of nitrogens with one attached hydrogen (secondary N) is 1. The Hall–Kier alpha value is -3.14. The molecule has 0 atom stereocenters. The minimum Gasteiger partial charge on any atom is -1.00 e. The number of esters is 1. The topological polar surface area (TPSA) is 77.7 Å². The number of pyridine rings is 1. The number of nitrogens with zero attached hydrogens (tertiary/aromatic N) is 1. The van der Waals surface area contributed by atoms with Gasteiger partial charge in [-0.05, 0) is 81.3 Å². The van der Waals surface area contributed by atoms with E-state index in [1.165, 1.54) is 0 Å². The van der Waals surface area contributed by atoms with E-state index < -0.39 is 5.97 Å². The molecule has 39 heavy (non-hydrogen) atoms. The molecule has 0 aliphatic carbocycles. The number of hydrogen-bond donors (Lipinski definition) is 1. The van der Waals surface area contributed by atoms with Crippen LogP contribution in [0, 0.1) is 0 Å². The summed E-state index contributed by atoms with van der Waals surface area (Å²) in [6.07, 6.45) is 10.3. The van der Waals surface area contributed by atoms with Gasteiger partial charge in [0.25, 0.3) is 5.91 Å². The molecule has 0 fully saturated rings. The van der Waals surface area contributed by atoms with Crippen molar-refractivity contribution in [1.29, 1.82) is 0 Å². The maximum atomic E-state index is 12.4. The zero-order valence-corrected chi connectivity index (χ0v) is 25.2. The van der Waals surface area contributed by atoms with Crippen LogP contribution in [0.15, 0.2) is 73.1 Å². The minimum absolute atomic E-state index is 0. The minimum atomic E-state index is -0.414. The second kappa shape index (κ2) is 17.4. The number of carbonyl (C=O) groups excluding carboxylic acids is 2. The smallest absolute Gasteiger partial charge is 0.343 e. The number of halogens is 1. The van der Waals surface area contributed by atoms with Crippen molar-refractivity contribution in [1.82, 2.24) is 5.32 Å². The van der Waals surface area contributed by atoms with E-state index in [1.54, 1.807) is 36.4 Å². The maximum Gasteiger partial charge on any atom is 0.343 e. The lowest BCUT2D eigenvalue weighted by Crippen LogP contribution is -3.00. The highest BCUT2D eigenvalue weighted by Gasteiger charge is 2.10. The number of rotatable bonds is 15. The van der Waals surface area contributed by atoms with Crippen LogP contribution < -0.4 is 48.1 Å². The Kier molecular flexibility index (Phi) is 14.3. The molecular weight excluding hydrogens is 607 g/mol. The van der Waals surface area contributed by atoms with Crippen molar-refractivity contribution in [3.05, 3.63) is 84.2 Å². The number of hydrogen-bond acceptors (Lipinski definition) is 5. The molecule has 3 rings (SSSR count). The van der Waals surface area contributed by atoms with Crippen LogP contribution in [-0.2, 0) is 7.05 Å². The molecule has 1 heterocycles. The largest absolute Gasteiger partial charge is 1.00 e. The maximum absolute atomic E-state index is 12.4. The van der Waals surface area contributed by atoms with E-state index in [2.05, 4.69) is 5.32 Å². The number of unbranched alkanes of at least 4 members (excludes halogenated alkanes) is 5. The number of benzene rings is 2. The van der Waals surface area contributed by atoms with E-state index in [0.717, 1.165) is 50.0 Å². The van der Waals surface area contributed by atoms with Crippen LogP contribution >= 0.6 is 0 Å². The molecule has 8 heteroatoms. The molecular formula is C31H39IN2O5. The third kappa shape index (κ3) is 12.1. The molecule has 0 saturated carbocycles. The normalized spacial score (nSPS) is 10.5. The van der Waals surface area contributed by atoms with Crippen LogP contribution in [-0.4, -0.2) is 31.1 Å². The SMILES string of the molecule is CC(C)Oc1ccc(C(=O)Oc2ccc(OCCCCCCCCNC(=O)c3ccc[n+](C)c3)cc2)cc1.[I-]. The lowest BCUT2D eigenvalue weighted by molar-refractivity contribution is -0.671. The summed E-state index contributed by atoms with van der Waals surface area (Å²) in [6.45, 7) is 5.26. The summed E-state index contributed by atoms with van der Waals surface area (Å²) in [7, 11) is 1.91. The monoisotopic (exact) mass is 646 g/mol. The molecule has 3 aromatic rings. The summed E-state index contributed by atoms with van der Waals surface area (Å²) < 4.78 is 18.7. The average Bonchev–Trinajstić information content (AvgIpc) is 2.90. The van der Waals surface area contributed by atoms with Gasteiger partial charge >= 0.3 is 5.97 Å². The van der Waals surface area contributed by atoms with Crippen molar-refractivity contribution in [2.24, 2.45) is 7.05 Å². The molecule has 0 bridgehead atoms. The van der Waals surface area contributed by atoms with Gasteiger partial charge in [-0.3, -0.25) is 4.79 Å². The molecule has 0 radical (unpaired) electrons. The van der Waals surface area contributed by atoms with Crippen molar-refractivity contribution in [3.8, 4) is 17.2 Å². The van der Waals surface area contributed by atoms with Gasteiger partial charge in [-0.15, -0.1) is 0 Å². The fraction of sp³-hybridized carbons (Fsp3) is 0.387. The molecule has 0 saturated heterocycles. The van der Waals surface area contributed by atoms with E-state index in [0.29, 0.717) is 30.0 Å². The summed E-state index contributed by atoms with van der Waals surface area (Å²) in [4.78, 5) is 24.5. The van der Waals surface area contributed by atoms with E-state index in [1.807, 2.05) is 62.1 Å². The lowest BCUT2D eigenvalue weighted by Gasteiger charge is -2.10. The fourth-order valence-electron chi connectivity index (χ4n) is 3.86. The van der Waals surface area contributed by atoms with Gasteiger partial charge < -0.3 is 43.5 Å². The van der Waals surface area contributed by atoms with Crippen LogP contribution in [0.2, 0.25) is 0 Å². The summed E-state index contributed by atoms with van der Waals surface area (Å²) in [6, 6.07) is 17.7. The van der Waals surface area contributed by atoms with Crippen molar-refractivity contribution < 1.29 is 52.3 Å². The van der Waals surface area contributed by atoms with Crippen LogP contribution in [0.1, 0.15) is 73.1 Å². The first-order valence-corrected chi connectivity index (χ1v) is 13.4. The van der Waals surface area contributed by atoms with Gasteiger partial charge in [0.05, 0.1) is 18.3 Å². The second-order valence-electron chi connectivity index (χ2n) is 9.54. The van der Waals surface area contributed by atoms with Gasteiger partial charge in [0.15, 0.2) is 12.4 Å². The van der Waals surface area contributed by atoms with Gasteiger partial charge in [0.1, 0.15) is 29.9 Å². The van der Waals surface area contributed by atoms with E-state index in [4.69, 9.17) is 14.2 Å². The molecule has 1 amide bonds. The highest BCUT2D eigenvalue weighted by molar-refractivity contribution is 5.93. The predicted molar refractivity (Wildman–Crippen MR) is 147 cm³/mol. The standard InChI is InChI=1S/C31H38N2O5.HI/c1-24(2)37-28-14-12-25(13-15-28)31(35)38-29-18-16-27(17-19-29)36-22-9-7-5-4-6-8-20-32-30(34)26-11-10-21-33(3)23-26;/h10-19,21,23-24H,4-9,20,22H2,1-3H3;1H. The molecule has 0 unspecified atom stereocenters. The van der Waals surface area contributed by atoms with Gasteiger partial charge in [-0.2, -0.15) is 0 Å². The van der Waals surface area contributed by atoms with Gasteiger partial charge in [-0.1, -0.05) is 25.7 Å². The van der Waals surface area contributed by atoms with Gasteiger partial charge in [0.2, 0.25) is 0 Å². The molecule has 7 nitrogen and oxygen atoms in total. The highest BCUT2D eigenvalue weighted by Crippen LogP contribution is 2.20. The third-order valence-electron chi connectivity index (χ3n) is 5.82. The first-order chi connectivity index (χ1) is 18.4. The molecule has 0 spiro atoms. The number of aryl methyl sites for hydroxylation is 1. The summed E-state index contributed by atoms with van der Waals surface area (Å²) >= 11 is 0. The van der Waals surface area contributed by atoms with Gasteiger partial charge in [-0.25, -0.2) is 9.36 Å². The number of ether oxygens (including phenoxy) is 3. The Labute approximate surface area is 248 Å². The summed E-state index contributed by atoms with van der Waals surface area (Å²) in [5.41, 5.74) is 1.15. The fourth-order valence-corrected chi connectivity index (χ4v) is 3.86. The first kappa shape index (κ1) is 32.1. The Bertz CT molecular complexity index is 1150. The molecule has 0 aliphatic rings. The number of amides is 1. The third-order valence-corrected chi connectivity index (χ3v) is 5.82. The number of carbonyl (C=O) groups is 2. The van der Waals surface area contributed by atoms with Crippen molar-refractivity contribution in [3.63, 3.8) is 0 Å². The summed E-state index contributed by atoms with van der Waals surface area (Å²) in [5.74, 6) is 1.51. The van der Waals surface area contributed by atoms with Crippen molar-refractivity contribution in [2.45, 2.75) is 58.5 Å². The lowest BCUT2D eigenvalue weighted by atomic mass is 10.1. The predicted octanol–water partition coefficient (Wildman–Crippen LogP) is 2.67. The Morgan fingerprint density at radius 1 is 0.795 bits per heavy atom. The van der Waals surface area contributed by atoms with Crippen LogP contribution in [0.5, 0.6) is 17.2 Å². The Morgan fingerprint density at radius 2 is 1.41 bits per heavy atom. The molecule has 1 aromatic heterocycles. The first-order valence-electron chi connectivity index (χ1n) is 13.4. The number of aromatic nitrogens is 1. The zero-order valence-electron chi connectivity index (χ0n) is 23.0. The van der Waals surface area contributed by atoms with Gasteiger partial charge in [0, 0.05) is 12.6 Å². The van der Waals surface area contributed by atoms with E-state index in [9.17, 15) is 9.59 Å².